The largest absolute Gasteiger partial charge is 0.489 e. The van der Waals surface area contributed by atoms with Crippen LogP contribution in [0.2, 0.25) is 5.02 Å². The highest BCUT2D eigenvalue weighted by Crippen LogP contribution is 2.38. The summed E-state index contributed by atoms with van der Waals surface area (Å²) in [7, 11) is -0.658. The number of nitrogens with one attached hydrogen (secondary N) is 1. The molecule has 3 rings (SSSR count). The van der Waals surface area contributed by atoms with Gasteiger partial charge in [0.2, 0.25) is 15.9 Å². The van der Waals surface area contributed by atoms with E-state index < -0.39 is 10.0 Å². The van der Waals surface area contributed by atoms with E-state index in [2.05, 4.69) is 5.32 Å². The van der Waals surface area contributed by atoms with Crippen molar-refractivity contribution < 1.29 is 22.7 Å². The first-order valence-electron chi connectivity index (χ1n) is 9.14. The van der Waals surface area contributed by atoms with E-state index in [-0.39, 0.29) is 23.8 Å². The summed E-state index contributed by atoms with van der Waals surface area (Å²) in [6.07, 6.45) is 0.842. The summed E-state index contributed by atoms with van der Waals surface area (Å²) in [5, 5.41) is 3.17. The lowest BCUT2D eigenvalue weighted by molar-refractivity contribution is -0.120. The van der Waals surface area contributed by atoms with Crippen molar-refractivity contribution in [3.63, 3.8) is 0 Å². The van der Waals surface area contributed by atoms with Crippen molar-refractivity contribution in [2.75, 3.05) is 27.3 Å². The Morgan fingerprint density at radius 1 is 1.17 bits per heavy atom. The van der Waals surface area contributed by atoms with Crippen molar-refractivity contribution in [2.45, 2.75) is 24.3 Å². The zero-order chi connectivity index (χ0) is 21.0. The van der Waals surface area contributed by atoms with Gasteiger partial charge in [0.15, 0.2) is 11.5 Å². The smallest absolute Gasteiger partial charge is 0.242 e. The molecule has 0 unspecified atom stereocenters. The number of nitrogens with zero attached hydrogens (tertiary/aromatic N) is 1. The fourth-order valence-corrected chi connectivity index (χ4v) is 4.33. The van der Waals surface area contributed by atoms with Gasteiger partial charge in [-0.25, -0.2) is 12.7 Å². The molecule has 1 N–H and O–H groups in total. The number of hydrogen-bond acceptors (Lipinski definition) is 5. The van der Waals surface area contributed by atoms with Crippen LogP contribution in [0.15, 0.2) is 41.3 Å². The van der Waals surface area contributed by atoms with Crippen LogP contribution in [-0.4, -0.2) is 45.9 Å². The Kier molecular flexibility index (Phi) is 6.66. The first kappa shape index (κ1) is 21.4. The summed E-state index contributed by atoms with van der Waals surface area (Å²) in [6, 6.07) is 10.0. The maximum absolute atomic E-state index is 12.5. The number of carbonyl (C=O) groups excluding carboxylic acids is 1. The van der Waals surface area contributed by atoms with Gasteiger partial charge in [-0.1, -0.05) is 29.8 Å². The summed E-state index contributed by atoms with van der Waals surface area (Å²) in [5.74, 6) is 0.768. The van der Waals surface area contributed by atoms with Crippen molar-refractivity contribution in [1.82, 2.24) is 9.62 Å². The fourth-order valence-electron chi connectivity index (χ4n) is 2.93. The Morgan fingerprint density at radius 2 is 1.90 bits per heavy atom. The highest BCUT2D eigenvalue weighted by atomic mass is 35.5. The Hall–Kier alpha value is -2.29. The minimum atomic E-state index is -3.60. The molecule has 29 heavy (non-hydrogen) atoms. The Morgan fingerprint density at radius 3 is 2.66 bits per heavy atom. The van der Waals surface area contributed by atoms with E-state index >= 15 is 0 Å². The quantitative estimate of drug-likeness (QED) is 0.749. The number of ether oxygens (including phenoxy) is 2. The minimum Gasteiger partial charge on any atom is -0.489 e. The number of sulfonamides is 1. The van der Waals surface area contributed by atoms with Crippen molar-refractivity contribution in [1.29, 1.82) is 0 Å². The molecular weight excluding hydrogens is 416 g/mol. The second-order valence-corrected chi connectivity index (χ2v) is 9.33. The molecule has 0 saturated heterocycles. The average molecular weight is 439 g/mol. The molecule has 9 heteroatoms. The van der Waals surface area contributed by atoms with E-state index in [1.807, 2.05) is 0 Å². The molecule has 0 radical (unpaired) electrons. The summed E-state index contributed by atoms with van der Waals surface area (Å²) >= 11 is 6.27. The van der Waals surface area contributed by atoms with Gasteiger partial charge in [-0.2, -0.15) is 0 Å². The number of rotatable bonds is 6. The van der Waals surface area contributed by atoms with E-state index in [0.29, 0.717) is 40.9 Å². The van der Waals surface area contributed by atoms with Crippen LogP contribution >= 0.6 is 11.6 Å². The molecule has 1 aliphatic rings. The standard InChI is InChI=1S/C20H23ClN2O5S/c1-23(2)29(25,26)18-7-4-3-6-15(18)13-22-19(24)12-14-10-16(21)20-17(11-14)27-8-5-9-28-20/h3-4,6-7,10-11H,5,8-9,12-13H2,1-2H3,(H,22,24). The van der Waals surface area contributed by atoms with Gasteiger partial charge in [0.1, 0.15) is 0 Å². The number of carbonyl (C=O) groups is 1. The van der Waals surface area contributed by atoms with Crippen LogP contribution < -0.4 is 14.8 Å². The summed E-state index contributed by atoms with van der Waals surface area (Å²) in [5.41, 5.74) is 1.21. The zero-order valence-corrected chi connectivity index (χ0v) is 17.8. The van der Waals surface area contributed by atoms with Crippen molar-refractivity contribution in [3.8, 4) is 11.5 Å². The molecule has 0 bridgehead atoms. The molecule has 7 nitrogen and oxygen atoms in total. The average Bonchev–Trinajstić information content (AvgIpc) is 2.92. The molecule has 1 heterocycles. The molecule has 0 saturated carbocycles. The molecular formula is C20H23ClN2O5S. The van der Waals surface area contributed by atoms with Gasteiger partial charge in [-0.15, -0.1) is 0 Å². The maximum Gasteiger partial charge on any atom is 0.242 e. The van der Waals surface area contributed by atoms with Gasteiger partial charge < -0.3 is 14.8 Å². The van der Waals surface area contributed by atoms with E-state index in [0.717, 1.165) is 10.7 Å². The van der Waals surface area contributed by atoms with Crippen LogP contribution in [0, 0.1) is 0 Å². The van der Waals surface area contributed by atoms with Gasteiger partial charge in [0.25, 0.3) is 0 Å². The normalized spacial score (nSPS) is 13.8. The van der Waals surface area contributed by atoms with E-state index in [1.54, 1.807) is 30.3 Å². The lowest BCUT2D eigenvalue weighted by Gasteiger charge is -2.15. The van der Waals surface area contributed by atoms with Crippen LogP contribution in [0.3, 0.4) is 0 Å². The predicted octanol–water partition coefficient (Wildman–Crippen LogP) is 2.61. The lowest BCUT2D eigenvalue weighted by atomic mass is 10.1. The summed E-state index contributed by atoms with van der Waals surface area (Å²) < 4.78 is 37.3. The first-order valence-corrected chi connectivity index (χ1v) is 11.0. The molecule has 0 atom stereocenters. The second-order valence-electron chi connectivity index (χ2n) is 6.80. The third kappa shape index (κ3) is 5.01. The second kappa shape index (κ2) is 9.02. The van der Waals surface area contributed by atoms with E-state index in [9.17, 15) is 13.2 Å². The molecule has 0 aliphatic carbocycles. The zero-order valence-electron chi connectivity index (χ0n) is 16.3. The SMILES string of the molecule is CN(C)S(=O)(=O)c1ccccc1CNC(=O)Cc1cc(Cl)c2c(c1)OCCCO2. The molecule has 0 aromatic heterocycles. The molecule has 0 fully saturated rings. The molecule has 2 aromatic carbocycles. The van der Waals surface area contributed by atoms with Crippen molar-refractivity contribution in [2.24, 2.45) is 0 Å². The Bertz CT molecular complexity index is 1010. The van der Waals surface area contributed by atoms with Crippen LogP contribution in [0.1, 0.15) is 17.5 Å². The number of benzene rings is 2. The Balaban J connectivity index is 1.70. The lowest BCUT2D eigenvalue weighted by Crippen LogP contribution is -2.27. The third-order valence-electron chi connectivity index (χ3n) is 4.43. The van der Waals surface area contributed by atoms with Gasteiger partial charge in [-0.05, 0) is 29.3 Å². The molecule has 2 aromatic rings. The number of amides is 1. The summed E-state index contributed by atoms with van der Waals surface area (Å²) in [6.45, 7) is 1.15. The van der Waals surface area contributed by atoms with Crippen LogP contribution in [0.5, 0.6) is 11.5 Å². The number of fused-ring (bicyclic) bond motifs is 1. The monoisotopic (exact) mass is 438 g/mol. The molecule has 156 valence electrons. The molecule has 0 spiro atoms. The van der Waals surface area contributed by atoms with E-state index in [4.69, 9.17) is 21.1 Å². The molecule has 1 aliphatic heterocycles. The van der Waals surface area contributed by atoms with Crippen LogP contribution in [0.4, 0.5) is 0 Å². The highest BCUT2D eigenvalue weighted by Gasteiger charge is 2.21. The fraction of sp³-hybridized carbons (Fsp3) is 0.350. The van der Waals surface area contributed by atoms with Gasteiger partial charge in [-0.3, -0.25) is 4.79 Å². The highest BCUT2D eigenvalue weighted by molar-refractivity contribution is 7.89. The Labute approximate surface area is 175 Å². The van der Waals surface area contributed by atoms with Gasteiger partial charge in [0.05, 0.1) is 29.6 Å². The van der Waals surface area contributed by atoms with Crippen LogP contribution in [-0.2, 0) is 27.8 Å². The summed E-state index contributed by atoms with van der Waals surface area (Å²) in [4.78, 5) is 12.6. The number of halogens is 1. The van der Waals surface area contributed by atoms with Crippen molar-refractivity contribution >= 4 is 27.5 Å². The van der Waals surface area contributed by atoms with Gasteiger partial charge >= 0.3 is 0 Å². The third-order valence-corrected chi connectivity index (χ3v) is 6.63. The predicted molar refractivity (Wildman–Crippen MR) is 110 cm³/mol. The first-order chi connectivity index (χ1) is 13.8. The van der Waals surface area contributed by atoms with E-state index in [1.165, 1.54) is 20.2 Å². The number of hydrogen-bond donors (Lipinski definition) is 1. The molecule has 1 amide bonds. The van der Waals surface area contributed by atoms with Gasteiger partial charge in [0, 0.05) is 27.1 Å². The maximum atomic E-state index is 12.5. The van der Waals surface area contributed by atoms with Crippen LogP contribution in [0.25, 0.3) is 0 Å². The minimum absolute atomic E-state index is 0.0823. The van der Waals surface area contributed by atoms with Crippen molar-refractivity contribution in [3.05, 3.63) is 52.5 Å². The topological polar surface area (TPSA) is 84.9 Å².